The van der Waals surface area contributed by atoms with Crippen LogP contribution in [0.1, 0.15) is 53.0 Å². The number of carboxylic acid groups (broad SMARTS) is 1. The lowest BCUT2D eigenvalue weighted by molar-refractivity contribution is -0.140. The van der Waals surface area contributed by atoms with Crippen molar-refractivity contribution < 1.29 is 14.7 Å². The molecule has 1 atom stereocenters. The largest absolute Gasteiger partial charge is 0.481 e. The second-order valence-corrected chi connectivity index (χ2v) is 7.15. The van der Waals surface area contributed by atoms with Crippen LogP contribution in [0.5, 0.6) is 0 Å². The molecule has 1 N–H and O–H groups in total. The molecule has 0 aromatic heterocycles. The molecule has 0 fully saturated rings. The molecule has 4 nitrogen and oxygen atoms in total. The van der Waals surface area contributed by atoms with Gasteiger partial charge >= 0.3 is 5.97 Å². The Kier molecular flexibility index (Phi) is 5.75. The number of carbonyl (C=O) groups is 2. The highest BCUT2D eigenvalue weighted by atomic mass is 16.4. The molecule has 1 rings (SSSR count). The monoisotopic (exact) mass is 305 g/mol. The second-order valence-electron chi connectivity index (χ2n) is 7.15. The lowest BCUT2D eigenvalue weighted by Crippen LogP contribution is -2.43. The van der Waals surface area contributed by atoms with Gasteiger partial charge < -0.3 is 10.0 Å². The molecule has 4 heteroatoms. The zero-order valence-corrected chi connectivity index (χ0v) is 14.4. The number of nitrogens with zero attached hydrogens (tertiary/aromatic N) is 1. The van der Waals surface area contributed by atoms with E-state index in [1.54, 1.807) is 11.8 Å². The first-order valence-corrected chi connectivity index (χ1v) is 7.68. The van der Waals surface area contributed by atoms with E-state index in [0.29, 0.717) is 5.92 Å². The van der Waals surface area contributed by atoms with Gasteiger partial charge in [0, 0.05) is 17.6 Å². The summed E-state index contributed by atoms with van der Waals surface area (Å²) < 4.78 is 0. The van der Waals surface area contributed by atoms with Gasteiger partial charge in [-0.2, -0.15) is 0 Å². The summed E-state index contributed by atoms with van der Waals surface area (Å²) in [5.74, 6) is -1.17. The van der Waals surface area contributed by atoms with Crippen LogP contribution in [-0.4, -0.2) is 23.5 Å². The van der Waals surface area contributed by atoms with Crippen LogP contribution in [0.3, 0.4) is 0 Å². The highest BCUT2D eigenvalue weighted by Crippen LogP contribution is 2.26. The van der Waals surface area contributed by atoms with Crippen molar-refractivity contribution in [3.8, 4) is 0 Å². The van der Waals surface area contributed by atoms with E-state index in [-0.39, 0.29) is 12.5 Å². The summed E-state index contributed by atoms with van der Waals surface area (Å²) in [5, 5.41) is 9.14. The minimum absolute atomic E-state index is 0.0714. The van der Waals surface area contributed by atoms with Crippen molar-refractivity contribution in [3.63, 3.8) is 0 Å². The van der Waals surface area contributed by atoms with Gasteiger partial charge in [0.1, 0.15) is 0 Å². The number of amides is 1. The van der Waals surface area contributed by atoms with Crippen LogP contribution in [0.2, 0.25) is 0 Å². The van der Waals surface area contributed by atoms with Gasteiger partial charge in [-0.15, -0.1) is 0 Å². The number of aliphatic carboxylic acids is 1. The summed E-state index contributed by atoms with van der Waals surface area (Å²) >= 11 is 0. The van der Waals surface area contributed by atoms with Crippen LogP contribution in [-0.2, 0) is 9.59 Å². The lowest BCUT2D eigenvalue weighted by atomic mass is 9.93. The van der Waals surface area contributed by atoms with E-state index in [0.717, 1.165) is 5.69 Å². The number of rotatable bonds is 5. The number of hydrogen-bond acceptors (Lipinski definition) is 2. The third-order valence-corrected chi connectivity index (χ3v) is 3.64. The fourth-order valence-electron chi connectivity index (χ4n) is 2.10. The van der Waals surface area contributed by atoms with Crippen molar-refractivity contribution in [2.24, 2.45) is 11.3 Å². The van der Waals surface area contributed by atoms with Crippen molar-refractivity contribution in [1.29, 1.82) is 0 Å². The van der Waals surface area contributed by atoms with Crippen LogP contribution in [0.15, 0.2) is 24.3 Å². The molecule has 122 valence electrons. The van der Waals surface area contributed by atoms with Crippen LogP contribution >= 0.6 is 0 Å². The van der Waals surface area contributed by atoms with Gasteiger partial charge in [-0.1, -0.05) is 53.7 Å². The molecule has 0 spiro atoms. The molecule has 0 heterocycles. The van der Waals surface area contributed by atoms with E-state index in [2.05, 4.69) is 13.8 Å². The molecule has 0 saturated carbocycles. The van der Waals surface area contributed by atoms with E-state index in [4.69, 9.17) is 5.11 Å². The highest BCUT2D eigenvalue weighted by molar-refractivity contribution is 5.97. The standard InChI is InChI=1S/C18H27NO3/c1-12(2)14-7-9-15(10-8-14)19(11-13(3)16(20)21)17(22)18(4,5)6/h7-10,12-13H,11H2,1-6H3,(H,20,21). The number of benzene rings is 1. The molecule has 22 heavy (non-hydrogen) atoms. The summed E-state index contributed by atoms with van der Waals surface area (Å²) in [6.07, 6.45) is 0. The smallest absolute Gasteiger partial charge is 0.308 e. The topological polar surface area (TPSA) is 57.6 Å². The number of carbonyl (C=O) groups excluding carboxylic acids is 1. The first-order valence-electron chi connectivity index (χ1n) is 7.68. The first-order chi connectivity index (χ1) is 10.0. The van der Waals surface area contributed by atoms with E-state index >= 15 is 0 Å². The molecule has 0 radical (unpaired) electrons. The van der Waals surface area contributed by atoms with Gasteiger partial charge in [-0.05, 0) is 23.6 Å². The summed E-state index contributed by atoms with van der Waals surface area (Å²) in [7, 11) is 0. The van der Waals surface area contributed by atoms with Gasteiger partial charge in [0.15, 0.2) is 0 Å². The van der Waals surface area contributed by atoms with Gasteiger partial charge in [0.25, 0.3) is 0 Å². The highest BCUT2D eigenvalue weighted by Gasteiger charge is 2.30. The Hall–Kier alpha value is -1.84. The molecular weight excluding hydrogens is 278 g/mol. The van der Waals surface area contributed by atoms with Crippen LogP contribution in [0.4, 0.5) is 5.69 Å². The fourth-order valence-corrected chi connectivity index (χ4v) is 2.10. The van der Waals surface area contributed by atoms with Crippen molar-refractivity contribution in [3.05, 3.63) is 29.8 Å². The van der Waals surface area contributed by atoms with Crippen molar-refractivity contribution in [2.45, 2.75) is 47.5 Å². The zero-order valence-electron chi connectivity index (χ0n) is 14.4. The molecule has 1 unspecified atom stereocenters. The Labute approximate surface area is 133 Å². The maximum Gasteiger partial charge on any atom is 0.308 e. The molecular formula is C18H27NO3. The number of carboxylic acids is 1. The molecule has 1 amide bonds. The Bertz CT molecular complexity index is 526. The Balaban J connectivity index is 3.14. The molecule has 1 aromatic rings. The van der Waals surface area contributed by atoms with Crippen LogP contribution < -0.4 is 4.90 Å². The third kappa shape index (κ3) is 4.58. The molecule has 0 bridgehead atoms. The molecule has 0 aliphatic carbocycles. The Morgan fingerprint density at radius 2 is 1.59 bits per heavy atom. The van der Waals surface area contributed by atoms with E-state index in [1.807, 2.05) is 45.0 Å². The first kappa shape index (κ1) is 18.2. The second kappa shape index (κ2) is 6.95. The SMILES string of the molecule is CC(CN(C(=O)C(C)(C)C)c1ccc(C(C)C)cc1)C(=O)O. The minimum atomic E-state index is -0.898. The Morgan fingerprint density at radius 1 is 1.09 bits per heavy atom. The summed E-state index contributed by atoms with van der Waals surface area (Å²) in [6.45, 7) is 11.5. The maximum absolute atomic E-state index is 12.7. The normalized spacial score (nSPS) is 13.0. The van der Waals surface area contributed by atoms with E-state index in [9.17, 15) is 9.59 Å². The van der Waals surface area contributed by atoms with Gasteiger partial charge in [-0.3, -0.25) is 9.59 Å². The Morgan fingerprint density at radius 3 is 1.95 bits per heavy atom. The predicted molar refractivity (Wildman–Crippen MR) is 89.1 cm³/mol. The van der Waals surface area contributed by atoms with E-state index < -0.39 is 17.3 Å². The fraction of sp³-hybridized carbons (Fsp3) is 0.556. The average molecular weight is 305 g/mol. The van der Waals surface area contributed by atoms with Crippen LogP contribution in [0.25, 0.3) is 0 Å². The van der Waals surface area contributed by atoms with Gasteiger partial charge in [0.2, 0.25) is 5.91 Å². The lowest BCUT2D eigenvalue weighted by Gasteiger charge is -2.31. The average Bonchev–Trinajstić information content (AvgIpc) is 2.42. The van der Waals surface area contributed by atoms with E-state index in [1.165, 1.54) is 5.56 Å². The minimum Gasteiger partial charge on any atom is -0.481 e. The molecule has 0 aliphatic rings. The van der Waals surface area contributed by atoms with Crippen molar-refractivity contribution in [1.82, 2.24) is 0 Å². The van der Waals surface area contributed by atoms with Gasteiger partial charge in [0.05, 0.1) is 5.92 Å². The summed E-state index contributed by atoms with van der Waals surface area (Å²) in [5.41, 5.74) is 1.38. The van der Waals surface area contributed by atoms with Crippen molar-refractivity contribution >= 4 is 17.6 Å². The predicted octanol–water partition coefficient (Wildman–Crippen LogP) is 3.91. The van der Waals surface area contributed by atoms with Gasteiger partial charge in [-0.25, -0.2) is 0 Å². The number of anilines is 1. The molecule has 0 saturated heterocycles. The summed E-state index contributed by atoms with van der Waals surface area (Å²) in [4.78, 5) is 25.4. The van der Waals surface area contributed by atoms with Crippen LogP contribution in [0, 0.1) is 11.3 Å². The summed E-state index contributed by atoms with van der Waals surface area (Å²) in [6, 6.07) is 7.78. The quantitative estimate of drug-likeness (QED) is 0.897. The maximum atomic E-state index is 12.7. The third-order valence-electron chi connectivity index (χ3n) is 3.64. The zero-order chi connectivity index (χ0) is 17.1. The molecule has 0 aliphatic heterocycles. The molecule has 1 aromatic carbocycles. The van der Waals surface area contributed by atoms with Crippen molar-refractivity contribution in [2.75, 3.05) is 11.4 Å². The number of hydrogen-bond donors (Lipinski definition) is 1.